The molecule has 1 aliphatic heterocycles. The molecule has 142 valence electrons. The van der Waals surface area contributed by atoms with Crippen molar-refractivity contribution in [2.45, 2.75) is 11.8 Å². The second-order valence-corrected chi connectivity index (χ2v) is 7.32. The van der Waals surface area contributed by atoms with Gasteiger partial charge in [0.15, 0.2) is 17.3 Å². The fourth-order valence-electron chi connectivity index (χ4n) is 4.31. The zero-order valence-corrected chi connectivity index (χ0v) is 15.6. The first kappa shape index (κ1) is 16.2. The van der Waals surface area contributed by atoms with Crippen molar-refractivity contribution in [1.29, 1.82) is 0 Å². The molecule has 1 aliphatic carbocycles. The minimum Gasteiger partial charge on any atom is -0.454 e. The number of allylic oxidation sites excluding steroid dienone is 1. The van der Waals surface area contributed by atoms with Crippen molar-refractivity contribution >= 4 is 6.08 Å². The molecule has 0 saturated carbocycles. The normalized spacial score (nSPS) is 19.3. The third-order valence-electron chi connectivity index (χ3n) is 5.77. The van der Waals surface area contributed by atoms with Crippen LogP contribution in [0.1, 0.15) is 22.4 Å². The van der Waals surface area contributed by atoms with E-state index in [1.54, 1.807) is 6.20 Å². The number of H-pyrrole nitrogens is 2. The minimum atomic E-state index is -0.331. The molecule has 2 aromatic carbocycles. The van der Waals surface area contributed by atoms with Gasteiger partial charge in [0, 0.05) is 35.5 Å². The van der Waals surface area contributed by atoms with Gasteiger partial charge in [0.2, 0.25) is 6.79 Å². The lowest BCUT2D eigenvalue weighted by molar-refractivity contribution is 0.174. The maximum absolute atomic E-state index is 5.65. The van der Waals surface area contributed by atoms with Crippen molar-refractivity contribution in [1.82, 2.24) is 20.2 Å². The summed E-state index contributed by atoms with van der Waals surface area (Å²) in [6.45, 7) is 0.268. The van der Waals surface area contributed by atoms with Crippen LogP contribution in [0.2, 0.25) is 0 Å². The number of hydrogen-bond donors (Lipinski definition) is 2. The van der Waals surface area contributed by atoms with Crippen molar-refractivity contribution in [3.8, 4) is 23.0 Å². The molecular formula is C23H18N4O2. The Morgan fingerprint density at radius 1 is 0.966 bits per heavy atom. The number of fused-ring (bicyclic) bond motifs is 2. The van der Waals surface area contributed by atoms with Gasteiger partial charge in [-0.25, -0.2) is 4.98 Å². The van der Waals surface area contributed by atoms with Gasteiger partial charge in [0.05, 0.1) is 0 Å². The Hall–Kier alpha value is -3.80. The summed E-state index contributed by atoms with van der Waals surface area (Å²) in [5.41, 5.74) is 5.04. The average molecular weight is 382 g/mol. The van der Waals surface area contributed by atoms with Gasteiger partial charge in [-0.15, -0.1) is 0 Å². The smallest absolute Gasteiger partial charge is 0.231 e. The summed E-state index contributed by atoms with van der Waals surface area (Å²) < 4.78 is 11.2. The molecule has 29 heavy (non-hydrogen) atoms. The third kappa shape index (κ3) is 2.42. The van der Waals surface area contributed by atoms with Crippen LogP contribution in [-0.2, 0) is 11.8 Å². The standard InChI is InChI=1S/C23H18N4O2/c1-2-4-15(5-3-1)23(16-6-7-19-20(12-16)29-14-28-19)9-8-17-18(13-23)26-27-21(17)22-24-10-11-25-22/h1-12H,13-14H2,(H,24,25)(H,26,27). The third-order valence-corrected chi connectivity index (χ3v) is 5.77. The number of aromatic nitrogens is 4. The van der Waals surface area contributed by atoms with Crippen molar-refractivity contribution in [3.63, 3.8) is 0 Å². The van der Waals surface area contributed by atoms with Gasteiger partial charge >= 0.3 is 0 Å². The summed E-state index contributed by atoms with van der Waals surface area (Å²) >= 11 is 0. The first-order valence-corrected chi connectivity index (χ1v) is 9.55. The van der Waals surface area contributed by atoms with E-state index in [-0.39, 0.29) is 12.2 Å². The molecule has 0 spiro atoms. The molecule has 3 heterocycles. The molecule has 2 aromatic heterocycles. The summed E-state index contributed by atoms with van der Waals surface area (Å²) in [6.07, 6.45) is 8.73. The molecule has 0 amide bonds. The van der Waals surface area contributed by atoms with Crippen LogP contribution in [0, 0.1) is 0 Å². The predicted molar refractivity (Wildman–Crippen MR) is 109 cm³/mol. The van der Waals surface area contributed by atoms with Crippen molar-refractivity contribution in [3.05, 3.63) is 89.4 Å². The van der Waals surface area contributed by atoms with Gasteiger partial charge in [-0.1, -0.05) is 48.6 Å². The molecule has 0 saturated heterocycles. The highest BCUT2D eigenvalue weighted by Crippen LogP contribution is 2.45. The molecule has 6 heteroatoms. The fourth-order valence-corrected chi connectivity index (χ4v) is 4.31. The van der Waals surface area contributed by atoms with Gasteiger partial charge < -0.3 is 14.5 Å². The molecule has 2 N–H and O–H groups in total. The number of nitrogens with zero attached hydrogens (tertiary/aromatic N) is 2. The zero-order valence-electron chi connectivity index (χ0n) is 15.6. The van der Waals surface area contributed by atoms with E-state index in [0.717, 1.165) is 46.3 Å². The van der Waals surface area contributed by atoms with Crippen LogP contribution >= 0.6 is 0 Å². The van der Waals surface area contributed by atoms with Gasteiger partial charge in [-0.05, 0) is 23.3 Å². The van der Waals surface area contributed by atoms with Gasteiger partial charge in [-0.3, -0.25) is 5.10 Å². The minimum absolute atomic E-state index is 0.268. The van der Waals surface area contributed by atoms with E-state index in [9.17, 15) is 0 Å². The molecule has 1 atom stereocenters. The second-order valence-electron chi connectivity index (χ2n) is 7.32. The van der Waals surface area contributed by atoms with Gasteiger partial charge in [0.1, 0.15) is 5.69 Å². The van der Waals surface area contributed by atoms with Crippen molar-refractivity contribution < 1.29 is 9.47 Å². The van der Waals surface area contributed by atoms with E-state index in [0.29, 0.717) is 0 Å². The molecule has 6 rings (SSSR count). The molecule has 0 radical (unpaired) electrons. The van der Waals surface area contributed by atoms with E-state index in [1.165, 1.54) is 5.56 Å². The van der Waals surface area contributed by atoms with Gasteiger partial charge in [-0.2, -0.15) is 5.10 Å². The molecular weight excluding hydrogens is 364 g/mol. The Balaban J connectivity index is 1.51. The Bertz CT molecular complexity index is 1210. The second kappa shape index (κ2) is 6.10. The molecule has 0 bridgehead atoms. The summed E-state index contributed by atoms with van der Waals surface area (Å²) in [7, 11) is 0. The van der Waals surface area contributed by atoms with E-state index in [2.05, 4.69) is 68.7 Å². The van der Waals surface area contributed by atoms with Crippen molar-refractivity contribution in [2.24, 2.45) is 0 Å². The van der Waals surface area contributed by atoms with Crippen molar-refractivity contribution in [2.75, 3.05) is 6.79 Å². The van der Waals surface area contributed by atoms with Crippen LogP contribution in [0.25, 0.3) is 17.6 Å². The number of rotatable bonds is 3. The molecule has 0 fully saturated rings. The van der Waals surface area contributed by atoms with Crippen LogP contribution in [0.3, 0.4) is 0 Å². The highest BCUT2D eigenvalue weighted by molar-refractivity contribution is 5.73. The average Bonchev–Trinajstić information content (AvgIpc) is 3.53. The number of nitrogens with one attached hydrogen (secondary N) is 2. The van der Waals surface area contributed by atoms with E-state index >= 15 is 0 Å². The number of aromatic amines is 2. The summed E-state index contributed by atoms with van der Waals surface area (Å²) in [5, 5.41) is 7.78. The molecule has 1 unspecified atom stereocenters. The van der Waals surface area contributed by atoms with Crippen LogP contribution in [0.4, 0.5) is 0 Å². The van der Waals surface area contributed by atoms with E-state index in [1.807, 2.05) is 18.3 Å². The summed E-state index contributed by atoms with van der Waals surface area (Å²) in [4.78, 5) is 7.50. The Kier molecular flexibility index (Phi) is 3.41. The van der Waals surface area contributed by atoms with Crippen LogP contribution in [0.15, 0.2) is 67.0 Å². The molecule has 6 nitrogen and oxygen atoms in total. The lowest BCUT2D eigenvalue weighted by Crippen LogP contribution is -2.30. The zero-order chi connectivity index (χ0) is 19.3. The summed E-state index contributed by atoms with van der Waals surface area (Å²) in [5.74, 6) is 2.35. The first-order valence-electron chi connectivity index (χ1n) is 9.55. The number of ether oxygens (including phenoxy) is 2. The highest BCUT2D eigenvalue weighted by atomic mass is 16.7. The van der Waals surface area contributed by atoms with Gasteiger partial charge in [0.25, 0.3) is 0 Å². The maximum Gasteiger partial charge on any atom is 0.231 e. The van der Waals surface area contributed by atoms with Crippen LogP contribution in [-0.4, -0.2) is 27.0 Å². The first-order chi connectivity index (χ1) is 14.3. The lowest BCUT2D eigenvalue weighted by atomic mass is 9.68. The lowest BCUT2D eigenvalue weighted by Gasteiger charge is -2.34. The van der Waals surface area contributed by atoms with Crippen LogP contribution in [0.5, 0.6) is 11.5 Å². The Labute approximate surface area is 167 Å². The quantitative estimate of drug-likeness (QED) is 0.560. The predicted octanol–water partition coefficient (Wildman–Crippen LogP) is 4.08. The van der Waals surface area contributed by atoms with Crippen LogP contribution < -0.4 is 9.47 Å². The van der Waals surface area contributed by atoms with E-state index < -0.39 is 0 Å². The Morgan fingerprint density at radius 3 is 2.72 bits per heavy atom. The maximum atomic E-state index is 5.65. The number of benzene rings is 2. The summed E-state index contributed by atoms with van der Waals surface area (Å²) in [6, 6.07) is 16.7. The fraction of sp³-hybridized carbons (Fsp3) is 0.130. The monoisotopic (exact) mass is 382 g/mol. The number of hydrogen-bond acceptors (Lipinski definition) is 4. The topological polar surface area (TPSA) is 75.8 Å². The highest BCUT2D eigenvalue weighted by Gasteiger charge is 2.37. The number of imidazole rings is 1. The SMILES string of the molecule is C1=CC(c2ccccc2)(c2ccc3c(c2)OCO3)Cc2[nH]nc(-c3ncc[nH]3)c21. The molecule has 4 aromatic rings. The Morgan fingerprint density at radius 2 is 1.86 bits per heavy atom. The largest absolute Gasteiger partial charge is 0.454 e. The molecule has 2 aliphatic rings. The van der Waals surface area contributed by atoms with E-state index in [4.69, 9.17) is 9.47 Å².